The molecule has 4 amide bonds. The number of unbranched alkanes of at least 4 members (excludes halogenated alkanes) is 8. The predicted octanol–water partition coefficient (Wildman–Crippen LogP) is 7.04. The Hall–Kier alpha value is -9.55. The van der Waals surface area contributed by atoms with Crippen molar-refractivity contribution in [3.05, 3.63) is 124 Å². The number of amides is 4. The molecule has 4 aromatic carbocycles. The number of benzene rings is 4. The molecular weight excluding hydrogens is 1540 g/mol. The molecule has 34 heteroatoms. The number of hydrogen-bond donors (Lipinski definition) is 13. The van der Waals surface area contributed by atoms with E-state index in [2.05, 4.69) is 47.9 Å². The number of ketones is 2. The highest BCUT2D eigenvalue weighted by atomic mass is 32.2. The number of alkyl carbamates (subject to hydrolysis) is 1. The van der Waals surface area contributed by atoms with Gasteiger partial charge in [0.15, 0.2) is 29.4 Å². The number of Topliss-reactive ketones (excluding diaryl/α,β-unsaturated/α-hetero) is 2. The average molecular weight is 1640 g/mol. The molecule has 9 aliphatic heterocycles. The fourth-order valence-corrected chi connectivity index (χ4v) is 21.6. The van der Waals surface area contributed by atoms with E-state index in [9.17, 15) is 38.4 Å². The topological polar surface area (TPSA) is 409 Å². The highest BCUT2D eigenvalue weighted by Crippen LogP contribution is 2.49. The van der Waals surface area contributed by atoms with Gasteiger partial charge in [-0.05, 0) is 70.3 Å². The van der Waals surface area contributed by atoms with E-state index in [0.29, 0.717) is 194 Å². The minimum Gasteiger partial charge on any atom is -0.493 e. The number of guanidine groups is 2. The third kappa shape index (κ3) is 20.7. The van der Waals surface area contributed by atoms with E-state index in [1.165, 1.54) is 4.23 Å². The lowest BCUT2D eigenvalue weighted by Gasteiger charge is -2.37. The molecule has 31 nitrogen and oxygen atoms in total. The molecule has 10 heterocycles. The van der Waals surface area contributed by atoms with Gasteiger partial charge >= 0.3 is 15.0 Å². The number of fused-ring (bicyclic) bond motifs is 16. The van der Waals surface area contributed by atoms with Crippen LogP contribution in [0.4, 0.5) is 16.4 Å². The smallest absolute Gasteiger partial charge is 0.493 e. The van der Waals surface area contributed by atoms with Crippen LogP contribution < -0.4 is 52.6 Å². The second-order valence-electron chi connectivity index (χ2n) is 30.6. The first kappa shape index (κ1) is 83.0. The molecule has 1 aromatic heterocycles. The molecule has 618 valence electrons. The molecule has 116 heavy (non-hydrogen) atoms. The van der Waals surface area contributed by atoms with Crippen molar-refractivity contribution in [3.63, 3.8) is 0 Å². The van der Waals surface area contributed by atoms with Gasteiger partial charge in [0.2, 0.25) is 17.7 Å². The van der Waals surface area contributed by atoms with Crippen LogP contribution in [0.1, 0.15) is 174 Å². The van der Waals surface area contributed by atoms with E-state index in [0.717, 1.165) is 111 Å². The number of ether oxygens (including phenoxy) is 4. The zero-order chi connectivity index (χ0) is 80.3. The number of nitrogens with one attached hydrogen (secondary N) is 11. The first-order valence-electron chi connectivity index (χ1n) is 41.2. The molecule has 0 radical (unpaired) electrons. The quantitative estimate of drug-likeness (QED) is 0.0137. The van der Waals surface area contributed by atoms with E-state index >= 15 is 0 Å². The summed E-state index contributed by atoms with van der Waals surface area (Å²) in [6.07, 6.45) is 13.8. The number of thioether (sulfide) groups is 2. The lowest BCUT2D eigenvalue weighted by Crippen LogP contribution is -2.64. The van der Waals surface area contributed by atoms with E-state index < -0.39 is 21.1 Å². The van der Waals surface area contributed by atoms with E-state index in [1.54, 1.807) is 15.5 Å². The highest BCUT2D eigenvalue weighted by Gasteiger charge is 2.57. The number of rotatable bonds is 46. The fourth-order valence-electron chi connectivity index (χ4n) is 16.4. The number of aromatic nitrogens is 1. The number of nitrogens with zero attached hydrogens (tertiary/aromatic N) is 8. The second-order valence-corrected chi connectivity index (χ2v) is 35.3. The van der Waals surface area contributed by atoms with Gasteiger partial charge in [-0.3, -0.25) is 48.5 Å². The average Bonchev–Trinajstić information content (AvgIpc) is 1.54. The number of amidine groups is 5. The molecule has 9 aliphatic rings. The molecule has 4 fully saturated rings. The zero-order valence-electron chi connectivity index (χ0n) is 65.5. The van der Waals surface area contributed by atoms with Crippen molar-refractivity contribution in [3.8, 4) is 5.75 Å². The Morgan fingerprint density at radius 1 is 0.500 bits per heavy atom. The summed E-state index contributed by atoms with van der Waals surface area (Å²) in [4.78, 5) is 131. The largest absolute Gasteiger partial charge is 0.593 e. The van der Waals surface area contributed by atoms with Crippen LogP contribution in [-0.2, 0) is 38.2 Å². The first-order chi connectivity index (χ1) is 56.6. The molecule has 4 saturated heterocycles. The molecule has 7 atom stereocenters. The summed E-state index contributed by atoms with van der Waals surface area (Å²) in [5, 5.41) is 45.8. The van der Waals surface area contributed by atoms with Gasteiger partial charge in [-0.15, -0.1) is 0 Å². The molecular formula is C82H107N19O12S2Si. The van der Waals surface area contributed by atoms with Crippen LogP contribution in [0.3, 0.4) is 0 Å². The second kappa shape index (κ2) is 40.1. The Morgan fingerprint density at radius 3 is 1.67 bits per heavy atom. The third-order valence-corrected chi connectivity index (χ3v) is 27.4. The van der Waals surface area contributed by atoms with Crippen molar-refractivity contribution >= 4 is 131 Å². The minimum absolute atomic E-state index is 0.00245. The van der Waals surface area contributed by atoms with Gasteiger partial charge in [0.1, 0.15) is 46.8 Å². The molecule has 0 aliphatic carbocycles. The van der Waals surface area contributed by atoms with Crippen LogP contribution in [0.15, 0.2) is 116 Å². The monoisotopic (exact) mass is 1640 g/mol. The molecule has 14 rings (SSSR count). The Labute approximate surface area is 684 Å². The normalized spacial score (nSPS) is 20.4. The summed E-state index contributed by atoms with van der Waals surface area (Å²) in [7, 11) is -5.04. The zero-order valence-corrected chi connectivity index (χ0v) is 68.2. The van der Waals surface area contributed by atoms with Crippen LogP contribution in [0.5, 0.6) is 5.75 Å². The van der Waals surface area contributed by atoms with Gasteiger partial charge in [0.25, 0.3) is 0 Å². The van der Waals surface area contributed by atoms with Gasteiger partial charge < -0.3 is 76.4 Å². The van der Waals surface area contributed by atoms with E-state index in [4.69, 9.17) is 54.7 Å². The van der Waals surface area contributed by atoms with Gasteiger partial charge in [0, 0.05) is 132 Å². The number of carbonyl (C=O) groups is 6. The van der Waals surface area contributed by atoms with Crippen molar-refractivity contribution < 1.29 is 57.3 Å². The molecule has 13 N–H and O–H groups in total. The number of hydrogen-bond acceptors (Lipinski definition) is 24. The fraction of sp³-hybridized carbons (Fsp3) is 0.524. The van der Waals surface area contributed by atoms with Gasteiger partial charge in [-0.1, -0.05) is 117 Å². The highest BCUT2D eigenvalue weighted by molar-refractivity contribution is 8.00. The standard InChI is InChI=1S/C82H107N19O12S2Si/c83-80-89-61-50-114-64(70(61)91-80)34-15-7-24-52(102)22-4-1-17-37-85-67(105)48-99(49-68(106)86-38-18-2-5-23-53(103)25-8-16-35-65-71-62(51-115-65)90-81(84)92-71)41-45-111-47-46-110-44-40-87-66(104)36-6-3-19-39-88-82(107)113-43-21-42-112-63-33-20-32-60-69(63)79-98-75-57-29-12-11-28-56(57)73(94-75)96-77-59-31-14-13-30-58(59)76-95-72-54-26-9-10-27-55(54)74(93-72)97-78(60)101(79)116(108,109)100(76)77/h9-14,20,26-33,61-62,64-65,70-71,76,108-109H,1-8,15-19,21-25,34-51H2,(H,85,105)(H,86,106)(H,87,104)(H,88,107)(H3,83,89,91)(H3,84,90,92)(H,93,95,97)/t61-,62-,64-,65-,70-,71-,76?/m0/s1. The molecule has 0 spiro atoms. The SMILES string of the molecule is N=C1N[C@H]2[C@H](CS[C@H]2CCCCC(=O)CCCCCNC(=O)CN(CCOCCOCCNC(=O)CCCCCNC(=O)OCCCOc2cccc3c4n5c(c23)N=C2N=C(N=C3c6ccccc6C(NC6=NC(=N4)c4ccccc46)N3[Si]5(O)O)c3ccccc32)CC(=O)NCCCCCC(=O)CCCC[C@@H]2SC[C@@H]3NC(=N)N[C@@H]32)N1. The maximum absolute atomic E-state index is 13.3. The van der Waals surface area contributed by atoms with E-state index in [1.807, 2.05) is 108 Å². The summed E-state index contributed by atoms with van der Waals surface area (Å²) in [6, 6.07) is 29.7. The van der Waals surface area contributed by atoms with Crippen molar-refractivity contribution in [1.82, 2.24) is 61.5 Å². The maximum Gasteiger partial charge on any atom is 0.593 e. The van der Waals surface area contributed by atoms with Crippen LogP contribution in [-0.4, -0.2) is 240 Å². The van der Waals surface area contributed by atoms with Crippen LogP contribution in [0, 0.1) is 10.8 Å². The van der Waals surface area contributed by atoms with Crippen LogP contribution >= 0.6 is 23.5 Å². The van der Waals surface area contributed by atoms with Gasteiger partial charge in [0.05, 0.1) is 82.3 Å². The summed E-state index contributed by atoms with van der Waals surface area (Å²) in [6.45, 7) is 3.18. The third-order valence-electron chi connectivity index (χ3n) is 22.3. The summed E-state index contributed by atoms with van der Waals surface area (Å²) in [5.74, 6) is 5.53. The summed E-state index contributed by atoms with van der Waals surface area (Å²) >= 11 is 3.89. The van der Waals surface area contributed by atoms with Crippen molar-refractivity contribution in [2.75, 3.05) is 97.0 Å². The van der Waals surface area contributed by atoms with Crippen LogP contribution in [0.2, 0.25) is 0 Å². The molecule has 6 bridgehead atoms. The van der Waals surface area contributed by atoms with E-state index in [-0.39, 0.29) is 93.7 Å². The van der Waals surface area contributed by atoms with Gasteiger partial charge in [-0.25, -0.2) is 29.8 Å². The Morgan fingerprint density at radius 2 is 1.03 bits per heavy atom. The van der Waals surface area contributed by atoms with Crippen molar-refractivity contribution in [2.45, 2.75) is 176 Å². The molecule has 1 unspecified atom stereocenters. The van der Waals surface area contributed by atoms with Crippen molar-refractivity contribution in [1.29, 1.82) is 10.8 Å². The minimum atomic E-state index is -5.04. The summed E-state index contributed by atoms with van der Waals surface area (Å²) in [5.41, 5.74) is 4.47. The molecule has 0 saturated carbocycles. The number of carbonyl (C=O) groups excluding carboxylic acids is 6. The van der Waals surface area contributed by atoms with Crippen molar-refractivity contribution in [2.24, 2.45) is 25.0 Å². The predicted molar refractivity (Wildman–Crippen MR) is 451 cm³/mol. The lowest BCUT2D eigenvalue weighted by molar-refractivity contribution is -0.126. The van der Waals surface area contributed by atoms with Gasteiger partial charge in [-0.2, -0.15) is 23.5 Å². The maximum atomic E-state index is 13.3. The lowest BCUT2D eigenvalue weighted by atomic mass is 10.0. The Kier molecular flexibility index (Phi) is 28.7. The molecule has 5 aromatic rings. The van der Waals surface area contributed by atoms with Crippen LogP contribution in [0.25, 0.3) is 10.8 Å². The Bertz CT molecular complexity index is 4510. The first-order valence-corrected chi connectivity index (χ1v) is 45.1. The number of aliphatic imine (C=N–C) groups is 5. The summed E-state index contributed by atoms with van der Waals surface area (Å²) < 4.78 is 26.6. The Balaban J connectivity index is 0.468.